The van der Waals surface area contributed by atoms with Crippen molar-refractivity contribution in [1.82, 2.24) is 5.32 Å². The minimum Gasteiger partial charge on any atom is -0.488 e. The molecule has 0 aromatic heterocycles. The first kappa shape index (κ1) is 19.5. The highest BCUT2D eigenvalue weighted by Gasteiger charge is 2.24. The summed E-state index contributed by atoms with van der Waals surface area (Å²) >= 11 is 4.83. The fraction of sp³-hybridized carbons (Fsp3) is 0.143. The number of nitrogens with zero attached hydrogens (tertiary/aromatic N) is 1. The molecule has 1 aliphatic rings. The summed E-state index contributed by atoms with van der Waals surface area (Å²) in [5.41, 5.74) is 4.02. The molecule has 3 rings (SSSR count). The predicted molar refractivity (Wildman–Crippen MR) is 117 cm³/mol. The number of halogens is 1. The second-order valence-corrected chi connectivity index (χ2v) is 8.00. The third-order valence-corrected chi connectivity index (χ3v) is 5.23. The van der Waals surface area contributed by atoms with E-state index in [-0.39, 0.29) is 5.91 Å². The standard InChI is InChI=1S/C21H19BrN2O2S/c1-4-7-26-18-6-5-15(11-17(18)22)12-19-20(25)24-21(27-19)23-16-9-13(2)8-14(3)10-16/h4-6,8-12H,1,7H2,2-3H3,(H,23,24,25). The van der Waals surface area contributed by atoms with Crippen LogP contribution in [0.4, 0.5) is 5.69 Å². The second kappa shape index (κ2) is 8.59. The quantitative estimate of drug-likeness (QED) is 0.489. The molecule has 1 N–H and O–H groups in total. The summed E-state index contributed by atoms with van der Waals surface area (Å²) in [6.45, 7) is 8.14. The molecule has 1 fully saturated rings. The molecule has 0 atom stereocenters. The van der Waals surface area contributed by atoms with Crippen LogP contribution in [0.2, 0.25) is 0 Å². The first-order chi connectivity index (χ1) is 12.9. The van der Waals surface area contributed by atoms with Gasteiger partial charge in [0.05, 0.1) is 15.1 Å². The molecule has 0 unspecified atom stereocenters. The lowest BCUT2D eigenvalue weighted by atomic mass is 10.1. The van der Waals surface area contributed by atoms with Gasteiger partial charge >= 0.3 is 0 Å². The summed E-state index contributed by atoms with van der Waals surface area (Å²) in [7, 11) is 0. The maximum atomic E-state index is 12.3. The van der Waals surface area contributed by atoms with Crippen molar-refractivity contribution >= 4 is 50.5 Å². The predicted octanol–water partition coefficient (Wildman–Crippen LogP) is 5.52. The summed E-state index contributed by atoms with van der Waals surface area (Å²) in [5, 5.41) is 3.41. The molecular formula is C21H19BrN2O2S. The number of carbonyl (C=O) groups is 1. The van der Waals surface area contributed by atoms with Crippen LogP contribution in [0.3, 0.4) is 0 Å². The summed E-state index contributed by atoms with van der Waals surface area (Å²) in [6.07, 6.45) is 3.53. The van der Waals surface area contributed by atoms with Gasteiger partial charge in [-0.3, -0.25) is 4.79 Å². The van der Waals surface area contributed by atoms with E-state index in [1.807, 2.05) is 50.3 Å². The zero-order valence-corrected chi connectivity index (χ0v) is 17.5. The highest BCUT2D eigenvalue weighted by atomic mass is 79.9. The third-order valence-electron chi connectivity index (χ3n) is 3.70. The first-order valence-electron chi connectivity index (χ1n) is 8.36. The number of aryl methyl sites for hydroxylation is 2. The van der Waals surface area contributed by atoms with Crippen LogP contribution in [0.25, 0.3) is 6.08 Å². The van der Waals surface area contributed by atoms with Crippen molar-refractivity contribution < 1.29 is 9.53 Å². The second-order valence-electron chi connectivity index (χ2n) is 6.12. The van der Waals surface area contributed by atoms with E-state index >= 15 is 0 Å². The average Bonchev–Trinajstić information content (AvgIpc) is 2.92. The Morgan fingerprint density at radius 2 is 1.96 bits per heavy atom. The van der Waals surface area contributed by atoms with Crippen molar-refractivity contribution in [2.24, 2.45) is 4.99 Å². The molecule has 138 valence electrons. The van der Waals surface area contributed by atoms with Gasteiger partial charge in [-0.2, -0.15) is 0 Å². The van der Waals surface area contributed by atoms with Gasteiger partial charge in [0.1, 0.15) is 12.4 Å². The number of hydrogen-bond acceptors (Lipinski definition) is 4. The van der Waals surface area contributed by atoms with E-state index in [0.29, 0.717) is 16.7 Å². The maximum absolute atomic E-state index is 12.3. The third kappa shape index (κ3) is 5.11. The topological polar surface area (TPSA) is 50.7 Å². The van der Waals surface area contributed by atoms with E-state index in [0.717, 1.165) is 32.6 Å². The van der Waals surface area contributed by atoms with E-state index in [9.17, 15) is 4.79 Å². The molecule has 1 heterocycles. The normalized spacial score (nSPS) is 16.6. The van der Waals surface area contributed by atoms with E-state index in [1.165, 1.54) is 11.8 Å². The molecule has 0 saturated carbocycles. The van der Waals surface area contributed by atoms with E-state index in [2.05, 4.69) is 38.9 Å². The SMILES string of the molecule is C=CCOc1ccc(C=C2SC(=Nc3cc(C)cc(C)c3)NC2=O)cc1Br. The van der Waals surface area contributed by atoms with Gasteiger partial charge in [-0.15, -0.1) is 0 Å². The van der Waals surface area contributed by atoms with Crippen LogP contribution >= 0.6 is 27.7 Å². The number of hydrogen-bond donors (Lipinski definition) is 1. The molecule has 1 saturated heterocycles. The van der Waals surface area contributed by atoms with Gasteiger partial charge in [0.25, 0.3) is 5.91 Å². The lowest BCUT2D eigenvalue weighted by Crippen LogP contribution is -2.19. The van der Waals surface area contributed by atoms with Crippen LogP contribution in [0, 0.1) is 13.8 Å². The molecule has 0 aliphatic carbocycles. The molecule has 2 aromatic rings. The molecule has 0 bridgehead atoms. The lowest BCUT2D eigenvalue weighted by molar-refractivity contribution is -0.115. The Hall–Kier alpha value is -2.31. The molecule has 0 spiro atoms. The number of carbonyl (C=O) groups excluding carboxylic acids is 1. The highest BCUT2D eigenvalue weighted by molar-refractivity contribution is 9.10. The number of ether oxygens (including phenoxy) is 1. The van der Waals surface area contributed by atoms with Crippen LogP contribution < -0.4 is 10.1 Å². The largest absolute Gasteiger partial charge is 0.488 e. The first-order valence-corrected chi connectivity index (χ1v) is 9.96. The number of amides is 1. The Balaban J connectivity index is 1.80. The number of thioether (sulfide) groups is 1. The molecule has 4 nitrogen and oxygen atoms in total. The Labute approximate surface area is 171 Å². The van der Waals surface area contributed by atoms with Crippen LogP contribution in [0.15, 0.2) is 63.4 Å². The number of amidine groups is 1. The molecule has 27 heavy (non-hydrogen) atoms. The number of benzene rings is 2. The van der Waals surface area contributed by atoms with Crippen LogP contribution in [0.1, 0.15) is 16.7 Å². The van der Waals surface area contributed by atoms with Crippen LogP contribution in [0.5, 0.6) is 5.75 Å². The monoisotopic (exact) mass is 442 g/mol. The van der Waals surface area contributed by atoms with Crippen molar-refractivity contribution in [1.29, 1.82) is 0 Å². The molecule has 0 radical (unpaired) electrons. The number of aliphatic imine (C=N–C) groups is 1. The fourth-order valence-electron chi connectivity index (χ4n) is 2.64. The van der Waals surface area contributed by atoms with Crippen molar-refractivity contribution in [3.8, 4) is 5.75 Å². The molecule has 6 heteroatoms. The smallest absolute Gasteiger partial charge is 0.264 e. The van der Waals surface area contributed by atoms with E-state index in [4.69, 9.17) is 4.74 Å². The Morgan fingerprint density at radius 1 is 1.22 bits per heavy atom. The summed E-state index contributed by atoms with van der Waals surface area (Å²) < 4.78 is 6.37. The maximum Gasteiger partial charge on any atom is 0.264 e. The summed E-state index contributed by atoms with van der Waals surface area (Å²) in [6, 6.07) is 11.8. The minimum atomic E-state index is -0.147. The number of nitrogens with one attached hydrogen (secondary N) is 1. The van der Waals surface area contributed by atoms with Gasteiger partial charge in [-0.05, 0) is 88.6 Å². The van der Waals surface area contributed by atoms with Crippen LogP contribution in [-0.2, 0) is 4.79 Å². The van der Waals surface area contributed by atoms with Gasteiger partial charge in [-0.1, -0.05) is 24.8 Å². The molecule has 1 aliphatic heterocycles. The van der Waals surface area contributed by atoms with Crippen molar-refractivity contribution in [2.45, 2.75) is 13.8 Å². The number of rotatable bonds is 5. The summed E-state index contributed by atoms with van der Waals surface area (Å²) in [5.74, 6) is 0.587. The molecular weight excluding hydrogens is 424 g/mol. The Kier molecular flexibility index (Phi) is 6.19. The zero-order valence-electron chi connectivity index (χ0n) is 15.1. The van der Waals surface area contributed by atoms with Crippen molar-refractivity contribution in [2.75, 3.05) is 6.61 Å². The van der Waals surface area contributed by atoms with Crippen LogP contribution in [-0.4, -0.2) is 17.7 Å². The van der Waals surface area contributed by atoms with E-state index < -0.39 is 0 Å². The van der Waals surface area contributed by atoms with Gasteiger partial charge in [0.2, 0.25) is 0 Å². The van der Waals surface area contributed by atoms with Gasteiger partial charge in [-0.25, -0.2) is 4.99 Å². The molecule has 2 aromatic carbocycles. The van der Waals surface area contributed by atoms with Gasteiger partial charge in [0.15, 0.2) is 5.17 Å². The Morgan fingerprint density at radius 3 is 2.63 bits per heavy atom. The van der Waals surface area contributed by atoms with Crippen molar-refractivity contribution in [3.63, 3.8) is 0 Å². The van der Waals surface area contributed by atoms with Gasteiger partial charge in [0, 0.05) is 0 Å². The van der Waals surface area contributed by atoms with E-state index in [1.54, 1.807) is 6.08 Å². The van der Waals surface area contributed by atoms with Gasteiger partial charge < -0.3 is 10.1 Å². The zero-order chi connectivity index (χ0) is 19.4. The minimum absolute atomic E-state index is 0.147. The summed E-state index contributed by atoms with van der Waals surface area (Å²) in [4.78, 5) is 17.4. The fourth-order valence-corrected chi connectivity index (χ4v) is 3.99. The molecule has 1 amide bonds. The average molecular weight is 443 g/mol. The lowest BCUT2D eigenvalue weighted by Gasteiger charge is -2.06. The highest BCUT2D eigenvalue weighted by Crippen LogP contribution is 2.31. The Bertz CT molecular complexity index is 946. The van der Waals surface area contributed by atoms with Crippen molar-refractivity contribution in [3.05, 3.63) is 75.1 Å².